The third-order valence-corrected chi connectivity index (χ3v) is 7.45. The molecule has 3 aromatic rings. The highest BCUT2D eigenvalue weighted by atomic mass is 35.5. The monoisotopic (exact) mass is 653 g/mol. The first-order chi connectivity index (χ1) is 21.2. The molecule has 14 heteroatoms. The number of alkyl halides is 3. The average molecular weight is 654 g/mol. The number of hydrogen-bond donors (Lipinski definition) is 1. The second-order valence-corrected chi connectivity index (χ2v) is 12.4. The van der Waals surface area contributed by atoms with Crippen LogP contribution in [0, 0.1) is 0 Å². The molecule has 2 aromatic heterocycles. The molecule has 1 N–H and O–H groups in total. The van der Waals surface area contributed by atoms with Crippen LogP contribution in [0.25, 0.3) is 16.7 Å². The normalized spacial score (nSPS) is 17.3. The predicted octanol–water partition coefficient (Wildman–Crippen LogP) is 6.82. The summed E-state index contributed by atoms with van der Waals surface area (Å²) in [5.41, 5.74) is -1.70. The minimum absolute atomic E-state index is 0.00138. The van der Waals surface area contributed by atoms with E-state index in [2.05, 4.69) is 21.6 Å². The Morgan fingerprint density at radius 2 is 2.00 bits per heavy atom. The Balaban J connectivity index is 1.57. The summed E-state index contributed by atoms with van der Waals surface area (Å²) < 4.78 is 58.8. The van der Waals surface area contributed by atoms with Crippen LogP contribution in [0.1, 0.15) is 52.1 Å². The highest BCUT2D eigenvalue weighted by Gasteiger charge is 2.39. The number of phenols is 1. The zero-order chi connectivity index (χ0) is 32.9. The van der Waals surface area contributed by atoms with E-state index < -0.39 is 29.7 Å². The van der Waals surface area contributed by atoms with Crippen LogP contribution in [0.3, 0.4) is 0 Å². The molecule has 10 nitrogen and oxygen atoms in total. The van der Waals surface area contributed by atoms with Gasteiger partial charge in [0.2, 0.25) is 0 Å². The molecule has 1 aliphatic rings. The fourth-order valence-corrected chi connectivity index (χ4v) is 5.15. The van der Waals surface area contributed by atoms with E-state index in [0.29, 0.717) is 18.5 Å². The highest BCUT2D eigenvalue weighted by Crippen LogP contribution is 2.38. The van der Waals surface area contributed by atoms with Gasteiger partial charge < -0.3 is 19.3 Å². The Morgan fingerprint density at radius 1 is 1.24 bits per heavy atom. The molecule has 246 valence electrons. The van der Waals surface area contributed by atoms with E-state index in [4.69, 9.17) is 25.8 Å². The number of hydrogen-bond acceptors (Lipinski definition) is 8. The number of pyridine rings is 1. The van der Waals surface area contributed by atoms with Crippen LogP contribution in [0.5, 0.6) is 11.5 Å². The molecule has 1 saturated heterocycles. The van der Waals surface area contributed by atoms with Crippen molar-refractivity contribution in [1.29, 1.82) is 0 Å². The van der Waals surface area contributed by atoms with Gasteiger partial charge in [0.25, 0.3) is 0 Å². The van der Waals surface area contributed by atoms with E-state index in [-0.39, 0.29) is 47.0 Å². The van der Waals surface area contributed by atoms with E-state index in [1.165, 1.54) is 12.1 Å². The lowest BCUT2D eigenvalue weighted by Crippen LogP contribution is -2.42. The van der Waals surface area contributed by atoms with Crippen molar-refractivity contribution in [2.75, 3.05) is 33.5 Å². The molecule has 0 spiro atoms. The first kappa shape index (κ1) is 34.3. The maximum atomic E-state index is 13.3. The summed E-state index contributed by atoms with van der Waals surface area (Å²) in [5, 5.41) is 14.2. The summed E-state index contributed by atoms with van der Waals surface area (Å²) in [6, 6.07) is 4.85. The lowest BCUT2D eigenvalue weighted by atomic mass is 10.1. The summed E-state index contributed by atoms with van der Waals surface area (Å²) in [7, 11) is 1.96. The minimum atomic E-state index is -4.65. The molecule has 1 aromatic carbocycles. The molecule has 1 amide bonds. The lowest BCUT2D eigenvalue weighted by molar-refractivity contribution is -0.141. The smallest absolute Gasteiger partial charge is 0.435 e. The van der Waals surface area contributed by atoms with Crippen molar-refractivity contribution in [3.63, 3.8) is 0 Å². The molecule has 0 unspecified atom stereocenters. The zero-order valence-electron chi connectivity index (χ0n) is 25.8. The van der Waals surface area contributed by atoms with Crippen LogP contribution in [0.4, 0.5) is 18.0 Å². The number of allylic oxidation sites excluding steroid dienone is 1. The summed E-state index contributed by atoms with van der Waals surface area (Å²) in [6.07, 6.45) is 0.743. The number of amides is 1. The second kappa shape index (κ2) is 14.3. The van der Waals surface area contributed by atoms with Crippen LogP contribution >= 0.6 is 11.6 Å². The number of nitrogens with zero attached hydrogens (tertiary/aromatic N) is 5. The number of carbonyl (C=O) groups excluding carboxylic acids is 1. The Morgan fingerprint density at radius 3 is 2.67 bits per heavy atom. The first-order valence-electron chi connectivity index (χ1n) is 14.6. The average Bonchev–Trinajstić information content (AvgIpc) is 3.60. The molecule has 3 heterocycles. The van der Waals surface area contributed by atoms with Gasteiger partial charge in [-0.25, -0.2) is 14.5 Å². The summed E-state index contributed by atoms with van der Waals surface area (Å²) in [5.74, 6) is -0.00880. The maximum Gasteiger partial charge on any atom is 0.435 e. The molecular formula is C31H39ClF3N5O5. The standard InChI is InChI=1S/C31H39ClF3N5O5/c1-6-7-8-9-13-38(5)19-43-18-20-15-21(17-39(20)29(42)45-30(2,3)4)44-24-16-26(40-14-12-25(37-40)31(33,34)35)36-28-22(24)10-11-23(41)27(28)32/h6,10-12,14,16,20-21,41H,1,7-9,13,15,17-19H2,2-5H3/t20-,21-/m0/s1. The number of ether oxygens (including phenoxy) is 3. The summed E-state index contributed by atoms with van der Waals surface area (Å²) in [6.45, 7) is 10.7. The van der Waals surface area contributed by atoms with Gasteiger partial charge in [0.05, 0.1) is 31.4 Å². The Kier molecular flexibility index (Phi) is 10.9. The van der Waals surface area contributed by atoms with Crippen LogP contribution in [0.2, 0.25) is 5.02 Å². The molecule has 0 aliphatic carbocycles. The third-order valence-electron chi connectivity index (χ3n) is 7.08. The fraction of sp³-hybridized carbons (Fsp3) is 0.516. The predicted molar refractivity (Wildman–Crippen MR) is 164 cm³/mol. The molecule has 4 rings (SSSR count). The number of carbonyl (C=O) groups is 1. The molecule has 0 bridgehead atoms. The molecule has 2 atom stereocenters. The number of phenolic OH excluding ortho intramolecular Hbond substituents is 1. The van der Waals surface area contributed by atoms with Crippen molar-refractivity contribution in [2.45, 2.75) is 70.4 Å². The van der Waals surface area contributed by atoms with Crippen molar-refractivity contribution in [1.82, 2.24) is 24.6 Å². The maximum absolute atomic E-state index is 13.3. The number of likely N-dealkylation sites (tertiary alicyclic amines) is 1. The van der Waals surface area contributed by atoms with Gasteiger partial charge in [-0.1, -0.05) is 17.7 Å². The van der Waals surface area contributed by atoms with E-state index in [9.17, 15) is 23.1 Å². The van der Waals surface area contributed by atoms with Crippen LogP contribution in [-0.2, 0) is 15.7 Å². The number of benzene rings is 1. The van der Waals surface area contributed by atoms with E-state index in [1.54, 1.807) is 31.7 Å². The molecule has 0 radical (unpaired) electrons. The lowest BCUT2D eigenvalue weighted by Gasteiger charge is -2.28. The number of halogens is 4. The molecule has 1 fully saturated rings. The first-order valence-corrected chi connectivity index (χ1v) is 15.0. The Bertz CT molecular complexity index is 1490. The summed E-state index contributed by atoms with van der Waals surface area (Å²) >= 11 is 6.36. The minimum Gasteiger partial charge on any atom is -0.506 e. The number of fused-ring (bicyclic) bond motifs is 1. The third kappa shape index (κ3) is 9.01. The van der Waals surface area contributed by atoms with Gasteiger partial charge in [0, 0.05) is 24.1 Å². The van der Waals surface area contributed by atoms with Crippen molar-refractivity contribution in [3.8, 4) is 17.3 Å². The highest BCUT2D eigenvalue weighted by molar-refractivity contribution is 6.36. The quantitative estimate of drug-likeness (QED) is 0.129. The van der Waals surface area contributed by atoms with Gasteiger partial charge in [-0.3, -0.25) is 9.80 Å². The Hall–Kier alpha value is -3.55. The van der Waals surface area contributed by atoms with Crippen molar-refractivity contribution in [2.24, 2.45) is 0 Å². The molecule has 0 saturated carbocycles. The number of unbranched alkanes of at least 4 members (excludes halogenated alkanes) is 2. The van der Waals surface area contributed by atoms with Gasteiger partial charge in [-0.2, -0.15) is 18.3 Å². The Labute approximate surface area is 265 Å². The van der Waals surface area contributed by atoms with Gasteiger partial charge in [0.1, 0.15) is 28.2 Å². The van der Waals surface area contributed by atoms with E-state index >= 15 is 0 Å². The number of aromatic nitrogens is 3. The zero-order valence-corrected chi connectivity index (χ0v) is 26.6. The second-order valence-electron chi connectivity index (χ2n) is 12.0. The topological polar surface area (TPSA) is 102 Å². The molecule has 45 heavy (non-hydrogen) atoms. The van der Waals surface area contributed by atoms with Crippen molar-refractivity contribution < 1.29 is 37.3 Å². The van der Waals surface area contributed by atoms with Crippen molar-refractivity contribution >= 4 is 28.6 Å². The molecule has 1 aliphatic heterocycles. The number of aromatic hydroxyl groups is 1. The largest absolute Gasteiger partial charge is 0.506 e. The van der Waals surface area contributed by atoms with E-state index in [0.717, 1.165) is 42.8 Å². The van der Waals surface area contributed by atoms with Gasteiger partial charge in [0.15, 0.2) is 11.5 Å². The summed E-state index contributed by atoms with van der Waals surface area (Å²) in [4.78, 5) is 21.2. The number of rotatable bonds is 12. The van der Waals surface area contributed by atoms with Crippen LogP contribution < -0.4 is 4.74 Å². The van der Waals surface area contributed by atoms with Crippen LogP contribution in [-0.4, -0.2) is 87.0 Å². The van der Waals surface area contributed by atoms with Gasteiger partial charge >= 0.3 is 12.3 Å². The van der Waals surface area contributed by atoms with Crippen LogP contribution in [0.15, 0.2) is 43.1 Å². The van der Waals surface area contributed by atoms with Gasteiger partial charge in [-0.05, 0) is 71.8 Å². The molecular weight excluding hydrogens is 615 g/mol. The van der Waals surface area contributed by atoms with Gasteiger partial charge in [-0.15, -0.1) is 6.58 Å². The SMILES string of the molecule is C=CCCCCN(C)COC[C@@H]1C[C@H](Oc2cc(-n3ccc(C(F)(F)F)n3)nc3c(Cl)c(O)ccc23)CN1C(=O)OC(C)(C)C. The van der Waals surface area contributed by atoms with Crippen molar-refractivity contribution in [3.05, 3.63) is 53.8 Å². The fourth-order valence-electron chi connectivity index (χ4n) is 4.94. The van der Waals surface area contributed by atoms with E-state index in [1.807, 2.05) is 13.1 Å².